The summed E-state index contributed by atoms with van der Waals surface area (Å²) in [5, 5.41) is 21.4. The number of hydrogen-bond donors (Lipinski definition) is 2. The molecule has 0 heterocycles. The maximum Gasteiger partial charge on any atom is 0.335 e. The normalized spacial score (nSPS) is 18.3. The van der Waals surface area contributed by atoms with E-state index in [1.54, 1.807) is 4.90 Å². The van der Waals surface area contributed by atoms with Gasteiger partial charge in [-0.2, -0.15) is 0 Å². The monoisotopic (exact) mass is 545 g/mol. The average Bonchev–Trinajstić information content (AvgIpc) is 2.90. The molecular formula is C32H39NO5Si. The summed E-state index contributed by atoms with van der Waals surface area (Å²) in [7, 11) is -1.33. The number of carbonyl (C=O) groups excluding carboxylic acids is 1. The largest absolute Gasteiger partial charge is 0.478 e. The summed E-state index contributed by atoms with van der Waals surface area (Å²) < 4.78 is 6.04. The average molecular weight is 546 g/mol. The van der Waals surface area contributed by atoms with Gasteiger partial charge in [-0.3, -0.25) is 9.69 Å². The van der Waals surface area contributed by atoms with Crippen LogP contribution in [-0.2, 0) is 15.8 Å². The predicted octanol–water partition coefficient (Wildman–Crippen LogP) is 6.65. The lowest BCUT2D eigenvalue weighted by molar-refractivity contribution is 0.0496. The van der Waals surface area contributed by atoms with E-state index in [9.17, 15) is 19.8 Å². The van der Waals surface area contributed by atoms with E-state index in [1.807, 2.05) is 48.5 Å². The van der Waals surface area contributed by atoms with Gasteiger partial charge in [0.2, 0.25) is 0 Å². The zero-order valence-electron chi connectivity index (χ0n) is 23.5. The number of carbonyl (C=O) groups is 2. The number of hydrogen-bond acceptors (Lipinski definition) is 4. The Hall–Kier alpha value is -3.26. The maximum atomic E-state index is 13.8. The molecular weight excluding hydrogens is 506 g/mol. The Bertz CT molecular complexity index is 1330. The number of aromatic carboxylic acids is 1. The van der Waals surface area contributed by atoms with E-state index in [0.717, 1.165) is 29.2 Å². The second-order valence-electron chi connectivity index (χ2n) is 12.3. The number of nitrogens with zero attached hydrogens (tertiary/aromatic N) is 1. The molecule has 0 spiro atoms. The van der Waals surface area contributed by atoms with Crippen molar-refractivity contribution >= 4 is 25.6 Å². The molecule has 0 radical (unpaired) electrons. The van der Waals surface area contributed by atoms with Crippen LogP contribution >= 0.6 is 0 Å². The fraction of sp³-hybridized carbons (Fsp3) is 0.375. The smallest absolute Gasteiger partial charge is 0.335 e. The van der Waals surface area contributed by atoms with Gasteiger partial charge in [0, 0.05) is 25.9 Å². The van der Waals surface area contributed by atoms with E-state index in [-0.39, 0.29) is 23.6 Å². The van der Waals surface area contributed by atoms with Crippen molar-refractivity contribution in [3.8, 4) is 0 Å². The topological polar surface area (TPSA) is 87.1 Å². The fourth-order valence-electron chi connectivity index (χ4n) is 5.10. The standard InChI is InChI=1S/C32H39NO5Si/c1-31(2)17-18-32(37,25-9-7-6-8-10-25)28-21-26(15-16-27(28)31)33(22-38-19-20-39(3,4)5)29(34)23-11-13-24(14-12-23)30(35)36/h6-16,21,37H,17-20,22H2,1-5H3,(H,35,36). The van der Waals surface area contributed by atoms with E-state index in [4.69, 9.17) is 4.74 Å². The first-order valence-corrected chi connectivity index (χ1v) is 17.2. The van der Waals surface area contributed by atoms with Gasteiger partial charge < -0.3 is 14.9 Å². The minimum Gasteiger partial charge on any atom is -0.478 e. The Labute approximate surface area is 232 Å². The van der Waals surface area contributed by atoms with Gasteiger partial charge in [0.15, 0.2) is 0 Å². The molecule has 1 atom stereocenters. The molecule has 0 saturated heterocycles. The molecule has 3 aromatic carbocycles. The molecule has 206 valence electrons. The Morgan fingerprint density at radius 1 is 0.897 bits per heavy atom. The van der Waals surface area contributed by atoms with Gasteiger partial charge in [0.25, 0.3) is 5.91 Å². The molecule has 0 bridgehead atoms. The molecule has 1 aliphatic carbocycles. The van der Waals surface area contributed by atoms with E-state index in [0.29, 0.717) is 24.3 Å². The summed E-state index contributed by atoms with van der Waals surface area (Å²) in [5.74, 6) is -1.34. The Kier molecular flexibility index (Phi) is 8.16. The molecule has 3 aromatic rings. The molecule has 1 amide bonds. The van der Waals surface area contributed by atoms with Gasteiger partial charge in [-0.25, -0.2) is 4.79 Å². The number of rotatable bonds is 9. The third-order valence-electron chi connectivity index (χ3n) is 7.69. The van der Waals surface area contributed by atoms with Gasteiger partial charge in [-0.1, -0.05) is 69.9 Å². The van der Waals surface area contributed by atoms with Crippen LogP contribution in [0.5, 0.6) is 0 Å². The van der Waals surface area contributed by atoms with Crippen molar-refractivity contribution in [1.82, 2.24) is 0 Å². The van der Waals surface area contributed by atoms with E-state index >= 15 is 0 Å². The van der Waals surface area contributed by atoms with Crippen LogP contribution in [0.1, 0.15) is 64.1 Å². The van der Waals surface area contributed by atoms with Crippen LogP contribution in [-0.4, -0.2) is 43.5 Å². The summed E-state index contributed by atoms with van der Waals surface area (Å²) in [6.45, 7) is 11.8. The zero-order valence-corrected chi connectivity index (χ0v) is 24.5. The number of benzene rings is 3. The van der Waals surface area contributed by atoms with Gasteiger partial charge in [-0.05, 0) is 77.4 Å². The third-order valence-corrected chi connectivity index (χ3v) is 9.40. The molecule has 4 rings (SSSR count). The minimum absolute atomic E-state index is 0.0515. The molecule has 0 aromatic heterocycles. The van der Waals surface area contributed by atoms with Gasteiger partial charge >= 0.3 is 5.97 Å². The van der Waals surface area contributed by atoms with E-state index in [2.05, 4.69) is 33.5 Å². The van der Waals surface area contributed by atoms with Crippen molar-refractivity contribution in [2.24, 2.45) is 0 Å². The summed E-state index contributed by atoms with van der Waals surface area (Å²) in [5.41, 5.74) is 2.47. The van der Waals surface area contributed by atoms with Crippen molar-refractivity contribution in [3.63, 3.8) is 0 Å². The SMILES string of the molecule is CC1(C)CCC(O)(c2ccccc2)c2cc(N(COCC[Si](C)(C)C)C(=O)c3ccc(C(=O)O)cc3)ccc21. The van der Waals surface area contributed by atoms with Crippen molar-refractivity contribution in [3.05, 3.63) is 101 Å². The van der Waals surface area contributed by atoms with Crippen LogP contribution in [0.4, 0.5) is 5.69 Å². The Morgan fingerprint density at radius 3 is 2.15 bits per heavy atom. The molecule has 0 saturated carbocycles. The highest BCUT2D eigenvalue weighted by Crippen LogP contribution is 2.48. The molecule has 7 heteroatoms. The highest BCUT2D eigenvalue weighted by Gasteiger charge is 2.43. The number of carboxylic acids is 1. The van der Waals surface area contributed by atoms with Crippen molar-refractivity contribution < 1.29 is 24.5 Å². The predicted molar refractivity (Wildman–Crippen MR) is 157 cm³/mol. The summed E-state index contributed by atoms with van der Waals surface area (Å²) >= 11 is 0. The molecule has 0 aliphatic heterocycles. The van der Waals surface area contributed by atoms with Crippen LogP contribution in [0.2, 0.25) is 25.7 Å². The third kappa shape index (κ3) is 6.32. The summed E-state index contributed by atoms with van der Waals surface area (Å²) in [4.78, 5) is 26.7. The Balaban J connectivity index is 1.76. The van der Waals surface area contributed by atoms with Crippen molar-refractivity contribution in [2.45, 2.75) is 63.4 Å². The second kappa shape index (κ2) is 11.1. The first kappa shape index (κ1) is 28.7. The first-order valence-electron chi connectivity index (χ1n) is 13.5. The lowest BCUT2D eigenvalue weighted by Gasteiger charge is -2.43. The number of aliphatic hydroxyl groups is 1. The van der Waals surface area contributed by atoms with Gasteiger partial charge in [0.1, 0.15) is 12.3 Å². The van der Waals surface area contributed by atoms with Crippen LogP contribution in [0.15, 0.2) is 72.8 Å². The number of ether oxygens (including phenoxy) is 1. The van der Waals surface area contributed by atoms with Gasteiger partial charge in [0.05, 0.1) is 5.56 Å². The molecule has 39 heavy (non-hydrogen) atoms. The number of amides is 1. The summed E-state index contributed by atoms with van der Waals surface area (Å²) in [6, 6.07) is 22.4. The lowest BCUT2D eigenvalue weighted by atomic mass is 9.65. The number of carboxylic acid groups (broad SMARTS) is 1. The molecule has 1 unspecified atom stereocenters. The highest BCUT2D eigenvalue weighted by molar-refractivity contribution is 6.76. The molecule has 6 nitrogen and oxygen atoms in total. The molecule has 1 aliphatic rings. The number of fused-ring (bicyclic) bond motifs is 1. The van der Waals surface area contributed by atoms with Crippen LogP contribution in [0.3, 0.4) is 0 Å². The molecule has 2 N–H and O–H groups in total. The lowest BCUT2D eigenvalue weighted by Crippen LogP contribution is -2.39. The van der Waals surface area contributed by atoms with Crippen LogP contribution in [0, 0.1) is 0 Å². The zero-order chi connectivity index (χ0) is 28.4. The fourth-order valence-corrected chi connectivity index (χ4v) is 5.86. The highest BCUT2D eigenvalue weighted by atomic mass is 28.3. The van der Waals surface area contributed by atoms with Crippen LogP contribution < -0.4 is 4.90 Å². The quantitative estimate of drug-likeness (QED) is 0.179. The van der Waals surface area contributed by atoms with E-state index in [1.165, 1.54) is 24.3 Å². The molecule has 0 fully saturated rings. The van der Waals surface area contributed by atoms with Gasteiger partial charge in [-0.15, -0.1) is 0 Å². The Morgan fingerprint density at radius 2 is 1.54 bits per heavy atom. The maximum absolute atomic E-state index is 13.8. The number of anilines is 1. The van der Waals surface area contributed by atoms with Crippen molar-refractivity contribution in [1.29, 1.82) is 0 Å². The van der Waals surface area contributed by atoms with Crippen molar-refractivity contribution in [2.75, 3.05) is 18.2 Å². The first-order chi connectivity index (χ1) is 18.3. The van der Waals surface area contributed by atoms with Crippen LogP contribution in [0.25, 0.3) is 0 Å². The second-order valence-corrected chi connectivity index (χ2v) is 17.9. The summed E-state index contributed by atoms with van der Waals surface area (Å²) in [6.07, 6.45) is 1.39. The van der Waals surface area contributed by atoms with E-state index < -0.39 is 19.6 Å². The minimum atomic E-state index is -1.33.